The number of amides is 1. The molecule has 132 valence electrons. The molecule has 6 heteroatoms. The number of nitrogens with one attached hydrogen (secondary N) is 1. The molecule has 2 heterocycles. The Labute approximate surface area is 165 Å². The number of nitrogens with zero attached hydrogens (tertiary/aromatic N) is 1. The predicted octanol–water partition coefficient (Wildman–Crippen LogP) is 5.93. The summed E-state index contributed by atoms with van der Waals surface area (Å²) in [6, 6.07) is 15.8. The maximum Gasteiger partial charge on any atom is 0.255 e. The van der Waals surface area contributed by atoms with Gasteiger partial charge in [0.15, 0.2) is 0 Å². The lowest BCUT2D eigenvalue weighted by Gasteiger charge is -2.21. The van der Waals surface area contributed by atoms with E-state index in [9.17, 15) is 4.79 Å². The summed E-state index contributed by atoms with van der Waals surface area (Å²) in [7, 11) is 0. The number of thiazole rings is 1. The van der Waals surface area contributed by atoms with Gasteiger partial charge in [-0.2, -0.15) is 0 Å². The minimum absolute atomic E-state index is 0.0863. The van der Waals surface area contributed by atoms with Crippen LogP contribution in [0.5, 0.6) is 0 Å². The first-order chi connectivity index (χ1) is 12.8. The Bertz CT molecular complexity index is 872. The molecule has 3 aromatic rings. The van der Waals surface area contributed by atoms with Crippen molar-refractivity contribution in [3.63, 3.8) is 0 Å². The molecule has 0 atom stereocenters. The van der Waals surface area contributed by atoms with Crippen molar-refractivity contribution in [2.24, 2.45) is 0 Å². The van der Waals surface area contributed by atoms with E-state index in [4.69, 9.17) is 0 Å². The zero-order chi connectivity index (χ0) is 17.8. The van der Waals surface area contributed by atoms with Gasteiger partial charge in [0.05, 0.1) is 4.58 Å². The third-order valence-corrected chi connectivity index (χ3v) is 7.91. The monoisotopic (exact) mass is 398 g/mol. The molecule has 1 aliphatic heterocycles. The van der Waals surface area contributed by atoms with Gasteiger partial charge in [0.25, 0.3) is 5.91 Å². The second-order valence-corrected chi connectivity index (χ2v) is 9.54. The maximum atomic E-state index is 12.6. The molecule has 0 saturated carbocycles. The SMILES string of the molecule is O=C(Nc1cccc(-c2nccs2)c1)c1ccc(C2SCCCS2)cc1. The zero-order valence-corrected chi connectivity index (χ0v) is 16.5. The summed E-state index contributed by atoms with van der Waals surface area (Å²) < 4.78 is 0.496. The van der Waals surface area contributed by atoms with Crippen molar-refractivity contribution in [3.05, 3.63) is 71.2 Å². The fourth-order valence-corrected chi connectivity index (χ4v) is 6.30. The molecule has 1 amide bonds. The minimum atomic E-state index is -0.0863. The highest BCUT2D eigenvalue weighted by molar-refractivity contribution is 8.16. The lowest BCUT2D eigenvalue weighted by Crippen LogP contribution is -2.12. The van der Waals surface area contributed by atoms with Gasteiger partial charge in [-0.15, -0.1) is 34.9 Å². The topological polar surface area (TPSA) is 42.0 Å². The van der Waals surface area contributed by atoms with E-state index in [0.717, 1.165) is 16.3 Å². The summed E-state index contributed by atoms with van der Waals surface area (Å²) in [6.07, 6.45) is 3.07. The van der Waals surface area contributed by atoms with Crippen LogP contribution >= 0.6 is 34.9 Å². The van der Waals surface area contributed by atoms with Crippen molar-refractivity contribution in [1.82, 2.24) is 4.98 Å². The molecule has 1 N–H and O–H groups in total. The molecule has 1 saturated heterocycles. The van der Waals surface area contributed by atoms with E-state index in [1.54, 1.807) is 17.5 Å². The standard InChI is InChI=1S/C20H18N2OS3/c23-18(14-5-7-15(8-6-14)20-25-10-2-11-26-20)22-17-4-1-3-16(13-17)19-21-9-12-24-19/h1,3-9,12-13,20H,2,10-11H2,(H,22,23). The fourth-order valence-electron chi connectivity index (χ4n) is 2.77. The molecule has 1 aromatic heterocycles. The number of benzene rings is 2. The van der Waals surface area contributed by atoms with Crippen LogP contribution in [0, 0.1) is 0 Å². The summed E-state index contributed by atoms with van der Waals surface area (Å²) in [5.41, 5.74) is 3.77. The van der Waals surface area contributed by atoms with Gasteiger partial charge in [-0.3, -0.25) is 4.79 Å². The molecule has 3 nitrogen and oxygen atoms in total. The lowest BCUT2D eigenvalue weighted by molar-refractivity contribution is 0.102. The van der Waals surface area contributed by atoms with Gasteiger partial charge in [0.2, 0.25) is 0 Å². The number of carbonyl (C=O) groups excluding carboxylic acids is 1. The zero-order valence-electron chi connectivity index (χ0n) is 14.1. The molecular formula is C20H18N2OS3. The summed E-state index contributed by atoms with van der Waals surface area (Å²) in [5, 5.41) is 5.89. The molecule has 1 fully saturated rings. The van der Waals surface area contributed by atoms with Crippen LogP contribution in [0.1, 0.15) is 26.9 Å². The molecule has 0 aliphatic carbocycles. The smallest absolute Gasteiger partial charge is 0.255 e. The minimum Gasteiger partial charge on any atom is -0.322 e. The average molecular weight is 399 g/mol. The van der Waals surface area contributed by atoms with Crippen molar-refractivity contribution in [2.75, 3.05) is 16.8 Å². The van der Waals surface area contributed by atoms with Crippen molar-refractivity contribution >= 4 is 46.5 Å². The van der Waals surface area contributed by atoms with Gasteiger partial charge < -0.3 is 5.32 Å². The van der Waals surface area contributed by atoms with Crippen molar-refractivity contribution in [2.45, 2.75) is 11.0 Å². The van der Waals surface area contributed by atoms with Crippen LogP contribution in [0.15, 0.2) is 60.1 Å². The average Bonchev–Trinajstić information content (AvgIpc) is 3.24. The van der Waals surface area contributed by atoms with E-state index in [1.165, 1.54) is 23.5 Å². The lowest BCUT2D eigenvalue weighted by atomic mass is 10.1. The van der Waals surface area contributed by atoms with Gasteiger partial charge in [-0.05, 0) is 47.8 Å². The van der Waals surface area contributed by atoms with Crippen LogP contribution in [-0.4, -0.2) is 22.4 Å². The highest BCUT2D eigenvalue weighted by Gasteiger charge is 2.17. The van der Waals surface area contributed by atoms with Crippen LogP contribution in [0.25, 0.3) is 10.6 Å². The van der Waals surface area contributed by atoms with Crippen LogP contribution in [-0.2, 0) is 0 Å². The number of hydrogen-bond acceptors (Lipinski definition) is 5. The normalized spacial score (nSPS) is 14.9. The molecule has 0 radical (unpaired) electrons. The number of hydrogen-bond donors (Lipinski definition) is 1. The van der Waals surface area contributed by atoms with Gasteiger partial charge in [0, 0.05) is 28.4 Å². The second-order valence-electron chi connectivity index (χ2n) is 5.92. The van der Waals surface area contributed by atoms with E-state index >= 15 is 0 Å². The predicted molar refractivity (Wildman–Crippen MR) is 114 cm³/mol. The van der Waals surface area contributed by atoms with Gasteiger partial charge in [-0.25, -0.2) is 4.98 Å². The molecule has 0 unspecified atom stereocenters. The number of thioether (sulfide) groups is 2. The van der Waals surface area contributed by atoms with Gasteiger partial charge in [-0.1, -0.05) is 24.3 Å². The largest absolute Gasteiger partial charge is 0.322 e. The van der Waals surface area contributed by atoms with Crippen molar-refractivity contribution in [3.8, 4) is 10.6 Å². The Hall–Kier alpha value is -1.76. The van der Waals surface area contributed by atoms with Gasteiger partial charge in [0.1, 0.15) is 5.01 Å². The van der Waals surface area contributed by atoms with E-state index in [2.05, 4.69) is 22.4 Å². The Morgan fingerprint density at radius 3 is 2.62 bits per heavy atom. The highest BCUT2D eigenvalue weighted by Crippen LogP contribution is 2.43. The van der Waals surface area contributed by atoms with Gasteiger partial charge >= 0.3 is 0 Å². The molecule has 0 bridgehead atoms. The Balaban J connectivity index is 1.45. The Kier molecular flexibility index (Phi) is 5.62. The Morgan fingerprint density at radius 2 is 1.88 bits per heavy atom. The van der Waals surface area contributed by atoms with E-state index in [1.807, 2.05) is 65.3 Å². The molecule has 2 aromatic carbocycles. The second kappa shape index (κ2) is 8.29. The van der Waals surface area contributed by atoms with E-state index in [-0.39, 0.29) is 5.91 Å². The molecule has 0 spiro atoms. The van der Waals surface area contributed by atoms with E-state index < -0.39 is 0 Å². The maximum absolute atomic E-state index is 12.6. The Morgan fingerprint density at radius 1 is 1.08 bits per heavy atom. The number of rotatable bonds is 4. The molecule has 26 heavy (non-hydrogen) atoms. The van der Waals surface area contributed by atoms with Crippen molar-refractivity contribution in [1.29, 1.82) is 0 Å². The highest BCUT2D eigenvalue weighted by atomic mass is 32.2. The summed E-state index contributed by atoms with van der Waals surface area (Å²) in [5.74, 6) is 2.35. The van der Waals surface area contributed by atoms with Crippen LogP contribution < -0.4 is 5.32 Å². The number of anilines is 1. The summed E-state index contributed by atoms with van der Waals surface area (Å²) in [6.45, 7) is 0. The van der Waals surface area contributed by atoms with Crippen LogP contribution in [0.2, 0.25) is 0 Å². The van der Waals surface area contributed by atoms with E-state index in [0.29, 0.717) is 10.1 Å². The fraction of sp³-hybridized carbons (Fsp3) is 0.200. The third kappa shape index (κ3) is 4.14. The quantitative estimate of drug-likeness (QED) is 0.591. The molecule has 1 aliphatic rings. The van der Waals surface area contributed by atoms with Crippen molar-refractivity contribution < 1.29 is 4.79 Å². The summed E-state index contributed by atoms with van der Waals surface area (Å²) >= 11 is 5.57. The van der Waals surface area contributed by atoms with Crippen LogP contribution in [0.4, 0.5) is 5.69 Å². The number of aromatic nitrogens is 1. The third-order valence-electron chi connectivity index (χ3n) is 4.07. The first kappa shape index (κ1) is 17.6. The molecule has 4 rings (SSSR count). The van der Waals surface area contributed by atoms with Crippen LogP contribution in [0.3, 0.4) is 0 Å². The first-order valence-electron chi connectivity index (χ1n) is 8.44. The summed E-state index contributed by atoms with van der Waals surface area (Å²) in [4.78, 5) is 16.9. The first-order valence-corrected chi connectivity index (χ1v) is 11.4. The molecular weight excluding hydrogens is 380 g/mol. The number of carbonyl (C=O) groups is 1.